The average molecular weight is 327 g/mol. The molecule has 102 valence electrons. The summed E-state index contributed by atoms with van der Waals surface area (Å²) in [7, 11) is 0. The fourth-order valence-corrected chi connectivity index (χ4v) is 2.90. The van der Waals surface area contributed by atoms with Crippen LogP contribution in [0.4, 0.5) is 0 Å². The van der Waals surface area contributed by atoms with Crippen molar-refractivity contribution in [2.75, 3.05) is 0 Å². The molecule has 5 nitrogen and oxygen atoms in total. The number of carbonyl (C=O) groups excluding carboxylic acids is 1. The Hall–Kier alpha value is -1.43. The van der Waals surface area contributed by atoms with Gasteiger partial charge in [0.1, 0.15) is 0 Å². The second kappa shape index (κ2) is 5.69. The lowest BCUT2D eigenvalue weighted by Gasteiger charge is -2.28. The van der Waals surface area contributed by atoms with Gasteiger partial charge in [-0.15, -0.1) is 0 Å². The number of halogens is 1. The molecule has 1 aliphatic carbocycles. The Bertz CT molecular complexity index is 498. The van der Waals surface area contributed by atoms with Gasteiger partial charge in [-0.1, -0.05) is 12.8 Å². The Morgan fingerprint density at radius 2 is 2.05 bits per heavy atom. The summed E-state index contributed by atoms with van der Waals surface area (Å²) in [6, 6.07) is 1.67. The number of carbonyl (C=O) groups is 2. The van der Waals surface area contributed by atoms with Crippen LogP contribution in [0, 0.1) is 0 Å². The van der Waals surface area contributed by atoms with Crippen LogP contribution in [-0.4, -0.2) is 27.5 Å². The van der Waals surface area contributed by atoms with Gasteiger partial charge in [0, 0.05) is 16.9 Å². The number of aromatic nitrogens is 1. The molecule has 0 saturated heterocycles. The molecule has 2 N–H and O–H groups in total. The third kappa shape index (κ3) is 3.53. The lowest BCUT2D eigenvalue weighted by Crippen LogP contribution is -2.47. The molecule has 1 heterocycles. The van der Waals surface area contributed by atoms with Gasteiger partial charge in [-0.25, -0.2) is 0 Å². The minimum atomic E-state index is -0.880. The highest BCUT2D eigenvalue weighted by Crippen LogP contribution is 2.33. The van der Waals surface area contributed by atoms with Crippen LogP contribution in [0.1, 0.15) is 42.5 Å². The van der Waals surface area contributed by atoms with E-state index in [4.69, 9.17) is 5.11 Å². The maximum atomic E-state index is 12.2. The van der Waals surface area contributed by atoms with Gasteiger partial charge >= 0.3 is 5.97 Å². The molecule has 0 radical (unpaired) electrons. The van der Waals surface area contributed by atoms with E-state index in [1.165, 1.54) is 6.20 Å². The van der Waals surface area contributed by atoms with Crippen molar-refractivity contribution >= 4 is 27.8 Å². The molecule has 0 aromatic carbocycles. The fourth-order valence-electron chi connectivity index (χ4n) is 2.54. The van der Waals surface area contributed by atoms with Crippen LogP contribution >= 0.6 is 15.9 Å². The summed E-state index contributed by atoms with van der Waals surface area (Å²) >= 11 is 3.26. The monoisotopic (exact) mass is 326 g/mol. The smallest absolute Gasteiger partial charge is 0.305 e. The van der Waals surface area contributed by atoms with Gasteiger partial charge in [0.15, 0.2) is 0 Å². The summed E-state index contributed by atoms with van der Waals surface area (Å²) in [6.45, 7) is 0. The number of carboxylic acid groups (broad SMARTS) is 1. The first-order chi connectivity index (χ1) is 9.01. The predicted octanol–water partition coefficient (Wildman–Crippen LogP) is 2.36. The first-order valence-electron chi connectivity index (χ1n) is 6.16. The SMILES string of the molecule is O=C(O)CC1(NC(=O)c2cncc(Br)c2)CCCC1. The van der Waals surface area contributed by atoms with Gasteiger partial charge < -0.3 is 10.4 Å². The van der Waals surface area contributed by atoms with E-state index in [0.717, 1.165) is 17.3 Å². The van der Waals surface area contributed by atoms with E-state index in [1.807, 2.05) is 0 Å². The van der Waals surface area contributed by atoms with Crippen molar-refractivity contribution in [2.24, 2.45) is 0 Å². The summed E-state index contributed by atoms with van der Waals surface area (Å²) in [5.41, 5.74) is -0.170. The Balaban J connectivity index is 2.13. The largest absolute Gasteiger partial charge is 0.481 e. The molecule has 0 bridgehead atoms. The van der Waals surface area contributed by atoms with Gasteiger partial charge in [-0.2, -0.15) is 0 Å². The quantitative estimate of drug-likeness (QED) is 0.890. The van der Waals surface area contributed by atoms with Crippen LogP contribution < -0.4 is 5.32 Å². The van der Waals surface area contributed by atoms with E-state index in [0.29, 0.717) is 18.4 Å². The standard InChI is InChI=1S/C13H15BrN2O3/c14-10-5-9(7-15-8-10)12(19)16-13(6-11(17)18)3-1-2-4-13/h5,7-8H,1-4,6H2,(H,16,19)(H,17,18). The molecule has 1 fully saturated rings. The van der Waals surface area contributed by atoms with E-state index in [1.54, 1.807) is 12.3 Å². The Labute approximate surface area is 119 Å². The maximum absolute atomic E-state index is 12.2. The Kier molecular flexibility index (Phi) is 4.19. The number of hydrogen-bond acceptors (Lipinski definition) is 3. The first kappa shape index (κ1) is 14.0. The summed E-state index contributed by atoms with van der Waals surface area (Å²) in [6.07, 6.45) is 6.37. The molecular formula is C13H15BrN2O3. The van der Waals surface area contributed by atoms with E-state index >= 15 is 0 Å². The van der Waals surface area contributed by atoms with Crippen molar-refractivity contribution in [3.63, 3.8) is 0 Å². The van der Waals surface area contributed by atoms with Crippen LogP contribution in [0.15, 0.2) is 22.9 Å². The van der Waals surface area contributed by atoms with Crippen molar-refractivity contribution in [3.05, 3.63) is 28.5 Å². The van der Waals surface area contributed by atoms with E-state index < -0.39 is 11.5 Å². The lowest BCUT2D eigenvalue weighted by atomic mass is 9.93. The minimum Gasteiger partial charge on any atom is -0.481 e. The van der Waals surface area contributed by atoms with E-state index in [9.17, 15) is 9.59 Å². The van der Waals surface area contributed by atoms with Crippen LogP contribution in [-0.2, 0) is 4.79 Å². The third-order valence-electron chi connectivity index (χ3n) is 3.40. The van der Waals surface area contributed by atoms with E-state index in [2.05, 4.69) is 26.2 Å². The molecule has 1 aromatic rings. The molecular weight excluding hydrogens is 312 g/mol. The van der Waals surface area contributed by atoms with Crippen LogP contribution in [0.3, 0.4) is 0 Å². The molecule has 6 heteroatoms. The number of nitrogens with one attached hydrogen (secondary N) is 1. The molecule has 0 spiro atoms. The Morgan fingerprint density at radius 3 is 2.63 bits per heavy atom. The molecule has 19 heavy (non-hydrogen) atoms. The van der Waals surface area contributed by atoms with Gasteiger partial charge in [0.05, 0.1) is 17.5 Å². The number of aliphatic carboxylic acids is 1. The molecule has 1 amide bonds. The fraction of sp³-hybridized carbons (Fsp3) is 0.462. The van der Waals surface area contributed by atoms with Crippen LogP contribution in [0.2, 0.25) is 0 Å². The minimum absolute atomic E-state index is 0.0276. The second-order valence-electron chi connectivity index (χ2n) is 4.90. The number of amides is 1. The topological polar surface area (TPSA) is 79.3 Å². The second-order valence-corrected chi connectivity index (χ2v) is 5.82. The number of carboxylic acids is 1. The molecule has 1 saturated carbocycles. The third-order valence-corrected chi connectivity index (χ3v) is 3.83. The zero-order valence-electron chi connectivity index (χ0n) is 10.4. The highest BCUT2D eigenvalue weighted by molar-refractivity contribution is 9.10. The van der Waals surface area contributed by atoms with E-state index in [-0.39, 0.29) is 12.3 Å². The van der Waals surface area contributed by atoms with Gasteiger partial charge in [0.25, 0.3) is 5.91 Å². The van der Waals surface area contributed by atoms with Crippen molar-refractivity contribution in [1.82, 2.24) is 10.3 Å². The number of pyridine rings is 1. The number of nitrogens with zero attached hydrogens (tertiary/aromatic N) is 1. The summed E-state index contributed by atoms with van der Waals surface area (Å²) < 4.78 is 0.721. The molecule has 0 atom stereocenters. The number of hydrogen-bond donors (Lipinski definition) is 2. The maximum Gasteiger partial charge on any atom is 0.305 e. The molecule has 1 aromatic heterocycles. The van der Waals surface area contributed by atoms with Gasteiger partial charge in [0.2, 0.25) is 0 Å². The molecule has 1 aliphatic rings. The van der Waals surface area contributed by atoms with Crippen molar-refractivity contribution < 1.29 is 14.7 Å². The summed E-state index contributed by atoms with van der Waals surface area (Å²) in [5.74, 6) is -1.15. The highest BCUT2D eigenvalue weighted by Gasteiger charge is 2.37. The first-order valence-corrected chi connectivity index (χ1v) is 6.95. The normalized spacial score (nSPS) is 17.1. The Morgan fingerprint density at radius 1 is 1.37 bits per heavy atom. The number of rotatable bonds is 4. The van der Waals surface area contributed by atoms with Crippen molar-refractivity contribution in [3.8, 4) is 0 Å². The average Bonchev–Trinajstić information content (AvgIpc) is 2.76. The molecule has 0 unspecified atom stereocenters. The van der Waals surface area contributed by atoms with Crippen LogP contribution in [0.5, 0.6) is 0 Å². The summed E-state index contributed by atoms with van der Waals surface area (Å²) in [4.78, 5) is 27.1. The lowest BCUT2D eigenvalue weighted by molar-refractivity contribution is -0.138. The van der Waals surface area contributed by atoms with Gasteiger partial charge in [-0.05, 0) is 34.8 Å². The van der Waals surface area contributed by atoms with Crippen molar-refractivity contribution in [2.45, 2.75) is 37.6 Å². The summed E-state index contributed by atoms with van der Waals surface area (Å²) in [5, 5.41) is 11.9. The molecule has 0 aliphatic heterocycles. The van der Waals surface area contributed by atoms with Crippen molar-refractivity contribution in [1.29, 1.82) is 0 Å². The highest BCUT2D eigenvalue weighted by atomic mass is 79.9. The zero-order valence-corrected chi connectivity index (χ0v) is 11.9. The molecule has 2 rings (SSSR count). The van der Waals surface area contributed by atoms with Crippen LogP contribution in [0.25, 0.3) is 0 Å². The van der Waals surface area contributed by atoms with Gasteiger partial charge in [-0.3, -0.25) is 14.6 Å². The zero-order chi connectivity index (χ0) is 13.9. The predicted molar refractivity (Wildman–Crippen MR) is 72.9 cm³/mol.